The van der Waals surface area contributed by atoms with Crippen LogP contribution >= 0.6 is 0 Å². The van der Waals surface area contributed by atoms with E-state index in [1.165, 1.54) is 6.07 Å². The summed E-state index contributed by atoms with van der Waals surface area (Å²) in [5.74, 6) is 0.130. The van der Waals surface area contributed by atoms with Gasteiger partial charge in [-0.1, -0.05) is 13.8 Å². The van der Waals surface area contributed by atoms with Gasteiger partial charge in [-0.2, -0.15) is 0 Å². The summed E-state index contributed by atoms with van der Waals surface area (Å²) in [4.78, 5) is 21.1. The Hall–Kier alpha value is -3.03. The first-order valence-corrected chi connectivity index (χ1v) is 9.61. The lowest BCUT2D eigenvalue weighted by molar-refractivity contribution is 0.241. The van der Waals surface area contributed by atoms with Gasteiger partial charge in [0.15, 0.2) is 11.4 Å². The number of urea groups is 1. The molecular weight excluding hydrogens is 378 g/mol. The van der Waals surface area contributed by atoms with Crippen LogP contribution in [-0.2, 0) is 0 Å². The highest BCUT2D eigenvalue weighted by atomic mass is 19.1. The Balaban J connectivity index is 1.54. The van der Waals surface area contributed by atoms with Crippen molar-refractivity contribution in [1.82, 2.24) is 15.3 Å². The van der Waals surface area contributed by atoms with Gasteiger partial charge in [-0.15, -0.1) is 0 Å². The largest absolute Gasteiger partial charge is 0.455 e. The molecule has 0 spiro atoms. The summed E-state index contributed by atoms with van der Waals surface area (Å²) in [6, 6.07) is 1.02. The van der Waals surface area contributed by atoms with E-state index >= 15 is 0 Å². The summed E-state index contributed by atoms with van der Waals surface area (Å²) in [6.45, 7) is 5.53. The molecule has 3 aromatic rings. The highest BCUT2D eigenvalue weighted by Gasteiger charge is 2.28. The quantitative estimate of drug-likeness (QED) is 0.616. The molecule has 6 nitrogen and oxygen atoms in total. The van der Waals surface area contributed by atoms with Crippen LogP contribution in [0.15, 0.2) is 28.9 Å². The molecule has 29 heavy (non-hydrogen) atoms. The van der Waals surface area contributed by atoms with E-state index < -0.39 is 23.7 Å². The fraction of sp³-hybridized carbons (Fsp3) is 0.381. The molecule has 0 bridgehead atoms. The van der Waals surface area contributed by atoms with Gasteiger partial charge in [-0.3, -0.25) is 0 Å². The molecular formula is C21H22F2N4O2. The Bertz CT molecular complexity index is 1060. The lowest BCUT2D eigenvalue weighted by Crippen LogP contribution is -2.35. The molecule has 0 saturated heterocycles. The van der Waals surface area contributed by atoms with E-state index in [1.807, 2.05) is 13.8 Å². The van der Waals surface area contributed by atoms with E-state index in [2.05, 4.69) is 20.6 Å². The van der Waals surface area contributed by atoms with Gasteiger partial charge in [0.05, 0.1) is 24.1 Å². The zero-order valence-electron chi connectivity index (χ0n) is 16.4. The molecule has 0 unspecified atom stereocenters. The Morgan fingerprint density at radius 2 is 1.90 bits per heavy atom. The van der Waals surface area contributed by atoms with Crippen molar-refractivity contribution in [2.45, 2.75) is 45.6 Å². The van der Waals surface area contributed by atoms with E-state index in [1.54, 1.807) is 19.3 Å². The number of benzene rings is 1. The number of carbonyl (C=O) groups is 1. The maximum Gasteiger partial charge on any atom is 0.319 e. The second-order valence-corrected chi connectivity index (χ2v) is 7.78. The molecule has 152 valence electrons. The molecule has 0 radical (unpaired) electrons. The third-order valence-corrected chi connectivity index (χ3v) is 5.10. The number of halogens is 2. The summed E-state index contributed by atoms with van der Waals surface area (Å²) < 4.78 is 33.4. The number of furan rings is 1. The first-order valence-electron chi connectivity index (χ1n) is 9.61. The van der Waals surface area contributed by atoms with Gasteiger partial charge in [0, 0.05) is 22.9 Å². The second-order valence-electron chi connectivity index (χ2n) is 7.78. The lowest BCUT2D eigenvalue weighted by Gasteiger charge is -2.21. The maximum atomic E-state index is 14.1. The number of fused-ring (bicyclic) bond motifs is 1. The number of amides is 2. The first-order chi connectivity index (χ1) is 13.8. The lowest BCUT2D eigenvalue weighted by atomic mass is 9.98. The van der Waals surface area contributed by atoms with Crippen molar-refractivity contribution >= 4 is 22.7 Å². The number of anilines is 1. The normalized spacial score (nSPS) is 15.0. The standard InChI is InChI=1S/C21H22F2N4O2/c1-10(2)17(18-11(3)15-6-13(22)7-16(23)19(15)29-18)27-21(28)26-14-8-24-20(25-9-14)12-4-5-12/h6-10,12,17H,4-5H2,1-3H3,(H2,26,27,28)/t17-/m0/s1. The predicted octanol–water partition coefficient (Wildman–Crippen LogP) is 5.21. The SMILES string of the molecule is Cc1c([C@@H](NC(=O)Nc2cnc(C3CC3)nc2)C(C)C)oc2c(F)cc(F)cc12. The number of rotatable bonds is 5. The van der Waals surface area contributed by atoms with E-state index in [4.69, 9.17) is 4.42 Å². The Morgan fingerprint density at radius 3 is 2.52 bits per heavy atom. The number of hydrogen-bond acceptors (Lipinski definition) is 4. The molecule has 0 aliphatic heterocycles. The summed E-state index contributed by atoms with van der Waals surface area (Å²) in [5, 5.41) is 5.91. The summed E-state index contributed by atoms with van der Waals surface area (Å²) in [7, 11) is 0. The summed E-state index contributed by atoms with van der Waals surface area (Å²) in [5.41, 5.74) is 1.05. The Labute approximate surface area is 166 Å². The van der Waals surface area contributed by atoms with Gasteiger partial charge in [0.1, 0.15) is 17.4 Å². The minimum atomic E-state index is -0.769. The van der Waals surface area contributed by atoms with Gasteiger partial charge in [0.25, 0.3) is 0 Å². The highest BCUT2D eigenvalue weighted by molar-refractivity contribution is 5.89. The van der Waals surface area contributed by atoms with Gasteiger partial charge >= 0.3 is 6.03 Å². The smallest absolute Gasteiger partial charge is 0.319 e. The monoisotopic (exact) mass is 400 g/mol. The van der Waals surface area contributed by atoms with E-state index in [9.17, 15) is 13.6 Å². The van der Waals surface area contributed by atoms with Crippen molar-refractivity contribution < 1.29 is 18.0 Å². The van der Waals surface area contributed by atoms with Crippen molar-refractivity contribution in [2.75, 3.05) is 5.32 Å². The molecule has 1 aliphatic rings. The summed E-state index contributed by atoms with van der Waals surface area (Å²) in [6.07, 6.45) is 5.36. The van der Waals surface area contributed by atoms with E-state index in [0.29, 0.717) is 28.3 Å². The minimum Gasteiger partial charge on any atom is -0.455 e. The fourth-order valence-corrected chi connectivity index (χ4v) is 3.36. The van der Waals surface area contributed by atoms with Crippen LogP contribution in [0.1, 0.15) is 55.8 Å². The number of aromatic nitrogens is 2. The maximum absolute atomic E-state index is 14.1. The molecule has 2 heterocycles. The van der Waals surface area contributed by atoms with Gasteiger partial charge in [0.2, 0.25) is 0 Å². The topological polar surface area (TPSA) is 80.0 Å². The molecule has 1 aliphatic carbocycles. The van der Waals surface area contributed by atoms with Crippen LogP contribution in [0, 0.1) is 24.5 Å². The Morgan fingerprint density at radius 1 is 1.21 bits per heavy atom. The zero-order chi connectivity index (χ0) is 20.7. The number of aryl methyl sites for hydroxylation is 1. The third kappa shape index (κ3) is 3.92. The van der Waals surface area contributed by atoms with E-state index in [-0.39, 0.29) is 11.5 Å². The average Bonchev–Trinajstić information content (AvgIpc) is 3.46. The van der Waals surface area contributed by atoms with Crippen molar-refractivity contribution in [3.63, 3.8) is 0 Å². The van der Waals surface area contributed by atoms with Crippen molar-refractivity contribution in [3.05, 3.63) is 53.3 Å². The van der Waals surface area contributed by atoms with Crippen molar-refractivity contribution in [2.24, 2.45) is 5.92 Å². The Kier molecular flexibility index (Phi) is 4.94. The molecule has 2 N–H and O–H groups in total. The van der Waals surface area contributed by atoms with E-state index in [0.717, 1.165) is 24.7 Å². The van der Waals surface area contributed by atoms with Crippen LogP contribution in [0.25, 0.3) is 11.0 Å². The molecule has 1 saturated carbocycles. The molecule has 2 amide bonds. The van der Waals surface area contributed by atoms with Crippen LogP contribution in [0.3, 0.4) is 0 Å². The van der Waals surface area contributed by atoms with Crippen LogP contribution in [0.2, 0.25) is 0 Å². The molecule has 1 atom stereocenters. The summed E-state index contributed by atoms with van der Waals surface area (Å²) >= 11 is 0. The molecule has 2 aromatic heterocycles. The van der Waals surface area contributed by atoms with Crippen molar-refractivity contribution in [1.29, 1.82) is 0 Å². The van der Waals surface area contributed by atoms with Crippen molar-refractivity contribution in [3.8, 4) is 0 Å². The van der Waals surface area contributed by atoms with Crippen LogP contribution in [0.4, 0.5) is 19.3 Å². The zero-order valence-corrected chi connectivity index (χ0v) is 16.4. The number of nitrogens with one attached hydrogen (secondary N) is 2. The number of hydrogen-bond donors (Lipinski definition) is 2. The average molecular weight is 400 g/mol. The molecule has 1 aromatic carbocycles. The third-order valence-electron chi connectivity index (χ3n) is 5.10. The predicted molar refractivity (Wildman–Crippen MR) is 105 cm³/mol. The van der Waals surface area contributed by atoms with Crippen LogP contribution < -0.4 is 10.6 Å². The minimum absolute atomic E-state index is 0.0178. The van der Waals surface area contributed by atoms with Crippen LogP contribution in [0.5, 0.6) is 0 Å². The highest BCUT2D eigenvalue weighted by Crippen LogP contribution is 2.38. The van der Waals surface area contributed by atoms with Gasteiger partial charge in [-0.25, -0.2) is 23.5 Å². The molecule has 8 heteroatoms. The molecule has 4 rings (SSSR count). The second kappa shape index (κ2) is 7.42. The first kappa shape index (κ1) is 19.3. The fourth-order valence-electron chi connectivity index (χ4n) is 3.36. The number of carbonyl (C=O) groups excluding carboxylic acids is 1. The van der Waals surface area contributed by atoms with Crippen LogP contribution in [-0.4, -0.2) is 16.0 Å². The van der Waals surface area contributed by atoms with Gasteiger partial charge < -0.3 is 15.1 Å². The molecule has 1 fully saturated rings. The number of nitrogens with zero attached hydrogens (tertiary/aromatic N) is 2. The van der Waals surface area contributed by atoms with Gasteiger partial charge in [-0.05, 0) is 31.7 Å².